The van der Waals surface area contributed by atoms with Crippen LogP contribution in [0.2, 0.25) is 0 Å². The molecule has 146 valence electrons. The van der Waals surface area contributed by atoms with Crippen LogP contribution in [0.4, 0.5) is 8.78 Å². The lowest BCUT2D eigenvalue weighted by molar-refractivity contribution is -0.286. The van der Waals surface area contributed by atoms with Gasteiger partial charge in [0.2, 0.25) is 11.8 Å². The van der Waals surface area contributed by atoms with Crippen molar-refractivity contribution in [3.63, 3.8) is 0 Å². The van der Waals surface area contributed by atoms with E-state index in [1.165, 1.54) is 12.1 Å². The number of halogens is 2. The molecule has 0 radical (unpaired) electrons. The minimum absolute atomic E-state index is 0.0331. The number of ether oxygens (including phenoxy) is 2. The van der Waals surface area contributed by atoms with Crippen LogP contribution in [0.3, 0.4) is 0 Å². The fourth-order valence-electron chi connectivity index (χ4n) is 3.59. The second-order valence-electron chi connectivity index (χ2n) is 7.68. The average molecular weight is 381 g/mol. The zero-order valence-electron chi connectivity index (χ0n) is 15.0. The van der Waals surface area contributed by atoms with Crippen LogP contribution in [-0.4, -0.2) is 30.3 Å². The van der Waals surface area contributed by atoms with Crippen LogP contribution in [-0.2, 0) is 9.59 Å². The summed E-state index contributed by atoms with van der Waals surface area (Å²) in [6, 6.07) is 3.54. The third kappa shape index (κ3) is 3.55. The maximum Gasteiger partial charge on any atom is 0.586 e. The third-order valence-electron chi connectivity index (χ3n) is 5.32. The number of hydrogen-bond acceptors (Lipinski definition) is 5. The standard InChI is InChI=1S/C18H21F2N3O4/c1-9-21-11(8-14(24)22-9)16(25)23-15(17(2)5-6-17)10-3-4-12-13(7-10)27-18(19,20)26-12/h3-4,7,9,11,15,21H,5-6,8H2,1-2H3,(H,22,24)(H,23,25)/t9?,11?,15-/m0/s1. The number of benzene rings is 1. The van der Waals surface area contributed by atoms with Crippen molar-refractivity contribution in [3.05, 3.63) is 23.8 Å². The van der Waals surface area contributed by atoms with Gasteiger partial charge in [0.15, 0.2) is 11.5 Å². The van der Waals surface area contributed by atoms with Gasteiger partial charge in [-0.15, -0.1) is 8.78 Å². The molecule has 4 rings (SSSR count). The van der Waals surface area contributed by atoms with Crippen molar-refractivity contribution in [1.82, 2.24) is 16.0 Å². The zero-order chi connectivity index (χ0) is 19.4. The second-order valence-corrected chi connectivity index (χ2v) is 7.68. The fraction of sp³-hybridized carbons (Fsp3) is 0.556. The first-order chi connectivity index (χ1) is 12.7. The van der Waals surface area contributed by atoms with Gasteiger partial charge in [-0.2, -0.15) is 0 Å². The molecule has 1 aliphatic carbocycles. The van der Waals surface area contributed by atoms with Gasteiger partial charge in [0.1, 0.15) is 0 Å². The lowest BCUT2D eigenvalue weighted by atomic mass is 9.91. The Balaban J connectivity index is 1.55. The largest absolute Gasteiger partial charge is 0.586 e. The normalized spacial score (nSPS) is 28.2. The highest BCUT2D eigenvalue weighted by Crippen LogP contribution is 2.55. The molecule has 3 aliphatic rings. The number of fused-ring (bicyclic) bond motifs is 1. The first kappa shape index (κ1) is 18.0. The average Bonchev–Trinajstić information content (AvgIpc) is 3.22. The van der Waals surface area contributed by atoms with Gasteiger partial charge >= 0.3 is 6.29 Å². The SMILES string of the molecule is CC1NC(=O)CC(C(=O)N[C@@H](c2ccc3c(c2)OC(F)(F)O3)C2(C)CC2)N1. The Morgan fingerprint density at radius 3 is 2.67 bits per heavy atom. The Kier molecular flexibility index (Phi) is 4.03. The van der Waals surface area contributed by atoms with E-state index in [-0.39, 0.29) is 47.4 Å². The lowest BCUT2D eigenvalue weighted by Crippen LogP contribution is -2.60. The highest BCUT2D eigenvalue weighted by atomic mass is 19.3. The molecule has 0 spiro atoms. The molecule has 2 fully saturated rings. The smallest absolute Gasteiger partial charge is 0.395 e. The monoisotopic (exact) mass is 381 g/mol. The summed E-state index contributed by atoms with van der Waals surface area (Å²) in [5.74, 6) is -0.572. The highest BCUT2D eigenvalue weighted by molar-refractivity contribution is 5.89. The van der Waals surface area contributed by atoms with Crippen LogP contribution in [0.25, 0.3) is 0 Å². The third-order valence-corrected chi connectivity index (χ3v) is 5.32. The molecule has 0 aromatic heterocycles. The van der Waals surface area contributed by atoms with Gasteiger partial charge in [0.05, 0.1) is 24.7 Å². The molecule has 1 saturated carbocycles. The molecule has 27 heavy (non-hydrogen) atoms. The second kappa shape index (κ2) is 6.05. The van der Waals surface area contributed by atoms with Crippen molar-refractivity contribution in [2.75, 3.05) is 0 Å². The van der Waals surface area contributed by atoms with E-state index < -0.39 is 12.3 Å². The van der Waals surface area contributed by atoms with Gasteiger partial charge in [-0.05, 0) is 42.9 Å². The summed E-state index contributed by atoms with van der Waals surface area (Å²) < 4.78 is 35.5. The summed E-state index contributed by atoms with van der Waals surface area (Å²) in [6.45, 7) is 3.79. The van der Waals surface area contributed by atoms with Crippen molar-refractivity contribution in [3.8, 4) is 11.5 Å². The Bertz CT molecular complexity index is 797. The van der Waals surface area contributed by atoms with E-state index in [2.05, 4.69) is 25.4 Å². The molecule has 7 nitrogen and oxygen atoms in total. The Morgan fingerprint density at radius 2 is 2.00 bits per heavy atom. The van der Waals surface area contributed by atoms with Crippen LogP contribution in [0.15, 0.2) is 18.2 Å². The van der Waals surface area contributed by atoms with Crippen molar-refractivity contribution in [2.45, 2.75) is 57.7 Å². The molecule has 1 aromatic carbocycles. The maximum atomic E-state index is 13.3. The summed E-state index contributed by atoms with van der Waals surface area (Å²) in [5.41, 5.74) is 0.491. The van der Waals surface area contributed by atoms with E-state index in [1.54, 1.807) is 13.0 Å². The number of alkyl halides is 2. The minimum atomic E-state index is -3.68. The first-order valence-electron chi connectivity index (χ1n) is 8.91. The van der Waals surface area contributed by atoms with Gasteiger partial charge in [-0.1, -0.05) is 13.0 Å². The summed E-state index contributed by atoms with van der Waals surface area (Å²) in [7, 11) is 0. The number of carbonyl (C=O) groups excluding carboxylic acids is 2. The zero-order valence-corrected chi connectivity index (χ0v) is 15.0. The number of carbonyl (C=O) groups is 2. The van der Waals surface area contributed by atoms with Gasteiger partial charge < -0.3 is 20.1 Å². The number of rotatable bonds is 4. The fourth-order valence-corrected chi connectivity index (χ4v) is 3.59. The molecule has 1 saturated heterocycles. The van der Waals surface area contributed by atoms with E-state index >= 15 is 0 Å². The molecule has 3 N–H and O–H groups in total. The van der Waals surface area contributed by atoms with E-state index in [0.29, 0.717) is 5.56 Å². The molecule has 1 aromatic rings. The summed E-state index contributed by atoms with van der Waals surface area (Å²) in [4.78, 5) is 24.5. The molecule has 0 bridgehead atoms. The van der Waals surface area contributed by atoms with Gasteiger partial charge in [-0.25, -0.2) is 0 Å². The van der Waals surface area contributed by atoms with Crippen LogP contribution in [0, 0.1) is 5.41 Å². The van der Waals surface area contributed by atoms with Crippen LogP contribution in [0.1, 0.15) is 44.7 Å². The highest BCUT2D eigenvalue weighted by Gasteiger charge is 2.48. The van der Waals surface area contributed by atoms with E-state index in [9.17, 15) is 18.4 Å². The summed E-state index contributed by atoms with van der Waals surface area (Å²) in [6.07, 6.45) is -2.13. The van der Waals surface area contributed by atoms with Crippen LogP contribution < -0.4 is 25.4 Å². The molecule has 2 unspecified atom stereocenters. The number of hydrogen-bond donors (Lipinski definition) is 3. The summed E-state index contributed by atoms with van der Waals surface area (Å²) in [5, 5.41) is 8.73. The molecular formula is C18H21F2N3O4. The number of amides is 2. The van der Waals surface area contributed by atoms with Crippen molar-refractivity contribution >= 4 is 11.8 Å². The lowest BCUT2D eigenvalue weighted by Gasteiger charge is -2.32. The predicted molar refractivity (Wildman–Crippen MR) is 90.0 cm³/mol. The Labute approximate surface area is 154 Å². The van der Waals surface area contributed by atoms with Crippen molar-refractivity contribution in [2.24, 2.45) is 5.41 Å². The topological polar surface area (TPSA) is 88.7 Å². The molecule has 2 heterocycles. The van der Waals surface area contributed by atoms with E-state index in [4.69, 9.17) is 0 Å². The Morgan fingerprint density at radius 1 is 1.30 bits per heavy atom. The Hall–Kier alpha value is -2.42. The first-order valence-corrected chi connectivity index (χ1v) is 8.91. The van der Waals surface area contributed by atoms with Crippen molar-refractivity contribution in [1.29, 1.82) is 0 Å². The maximum absolute atomic E-state index is 13.3. The molecule has 2 aliphatic heterocycles. The van der Waals surface area contributed by atoms with E-state index in [1.807, 2.05) is 6.92 Å². The molecule has 9 heteroatoms. The quantitative estimate of drug-likeness (QED) is 0.740. The van der Waals surface area contributed by atoms with Crippen molar-refractivity contribution < 1.29 is 27.8 Å². The van der Waals surface area contributed by atoms with Gasteiger partial charge in [0.25, 0.3) is 0 Å². The van der Waals surface area contributed by atoms with Gasteiger partial charge in [0, 0.05) is 0 Å². The molecule has 2 amide bonds. The summed E-state index contributed by atoms with van der Waals surface area (Å²) >= 11 is 0. The number of nitrogens with one attached hydrogen (secondary N) is 3. The van der Waals surface area contributed by atoms with Gasteiger partial charge in [-0.3, -0.25) is 14.9 Å². The van der Waals surface area contributed by atoms with Crippen LogP contribution >= 0.6 is 0 Å². The molecular weight excluding hydrogens is 360 g/mol. The molecule has 3 atom stereocenters. The predicted octanol–water partition coefficient (Wildman–Crippen LogP) is 1.79. The minimum Gasteiger partial charge on any atom is -0.395 e. The van der Waals surface area contributed by atoms with Crippen LogP contribution in [0.5, 0.6) is 11.5 Å². The van der Waals surface area contributed by atoms with E-state index in [0.717, 1.165) is 12.8 Å².